The average Bonchev–Trinajstić information content (AvgIpc) is 2.07. The smallest absolute Gasteiger partial charge is 0.411 e. The third-order valence-corrected chi connectivity index (χ3v) is 1.52. The molecule has 0 aliphatic rings. The standard InChI is InChI=1S/C8H5F4NO/c9-7-3-6(8(10,11)12)2-1-5(7)4-13-14/h1-4,14H/b13-4+. The lowest BCUT2D eigenvalue weighted by molar-refractivity contribution is -0.137. The van der Waals surface area contributed by atoms with E-state index in [-0.39, 0.29) is 5.56 Å². The molecule has 0 unspecified atom stereocenters. The Labute approximate surface area is 76.5 Å². The Kier molecular flexibility index (Phi) is 2.73. The Morgan fingerprint density at radius 1 is 1.29 bits per heavy atom. The Bertz CT molecular complexity index is 359. The van der Waals surface area contributed by atoms with Crippen molar-refractivity contribution in [1.29, 1.82) is 0 Å². The van der Waals surface area contributed by atoms with Gasteiger partial charge in [0, 0.05) is 5.56 Å². The van der Waals surface area contributed by atoms with Crippen LogP contribution < -0.4 is 0 Å². The van der Waals surface area contributed by atoms with Crippen LogP contribution in [0.3, 0.4) is 0 Å². The molecular formula is C8H5F4NO. The molecule has 0 radical (unpaired) electrons. The van der Waals surface area contributed by atoms with Crippen molar-refractivity contribution in [1.82, 2.24) is 0 Å². The van der Waals surface area contributed by atoms with Crippen molar-refractivity contribution >= 4 is 6.21 Å². The third kappa shape index (κ3) is 2.21. The zero-order valence-corrected chi connectivity index (χ0v) is 6.72. The molecule has 6 heteroatoms. The van der Waals surface area contributed by atoms with Gasteiger partial charge in [-0.2, -0.15) is 13.2 Å². The molecule has 1 rings (SSSR count). The summed E-state index contributed by atoms with van der Waals surface area (Å²) in [7, 11) is 0. The highest BCUT2D eigenvalue weighted by Gasteiger charge is 2.30. The molecule has 0 fully saturated rings. The molecule has 76 valence electrons. The Balaban J connectivity index is 3.13. The largest absolute Gasteiger partial charge is 0.416 e. The number of hydrogen-bond acceptors (Lipinski definition) is 2. The summed E-state index contributed by atoms with van der Waals surface area (Å²) in [5.41, 5.74) is -1.29. The maximum atomic E-state index is 12.9. The second-order valence-corrected chi connectivity index (χ2v) is 2.48. The molecule has 1 N–H and O–H groups in total. The first-order chi connectivity index (χ1) is 6.45. The van der Waals surface area contributed by atoms with Crippen molar-refractivity contribution in [2.75, 3.05) is 0 Å². The molecule has 0 heterocycles. The summed E-state index contributed by atoms with van der Waals surface area (Å²) in [5.74, 6) is -1.09. The number of halogens is 4. The van der Waals surface area contributed by atoms with Crippen molar-refractivity contribution in [2.24, 2.45) is 5.16 Å². The molecular weight excluding hydrogens is 202 g/mol. The van der Waals surface area contributed by atoms with Gasteiger partial charge in [0.2, 0.25) is 0 Å². The highest BCUT2D eigenvalue weighted by molar-refractivity contribution is 5.79. The minimum atomic E-state index is -4.57. The number of hydrogen-bond donors (Lipinski definition) is 1. The molecule has 0 bridgehead atoms. The number of alkyl halides is 3. The normalized spacial score (nSPS) is 12.3. The summed E-state index contributed by atoms with van der Waals surface area (Å²) in [6.45, 7) is 0. The van der Waals surface area contributed by atoms with Crippen LogP contribution in [0.25, 0.3) is 0 Å². The van der Waals surface area contributed by atoms with Crippen LogP contribution in [0, 0.1) is 5.82 Å². The molecule has 0 aliphatic heterocycles. The fourth-order valence-electron chi connectivity index (χ4n) is 0.870. The molecule has 0 saturated carbocycles. The molecule has 0 amide bonds. The van der Waals surface area contributed by atoms with Gasteiger partial charge in [-0.15, -0.1) is 0 Å². The van der Waals surface area contributed by atoms with Crippen molar-refractivity contribution in [3.63, 3.8) is 0 Å². The van der Waals surface area contributed by atoms with Crippen LogP contribution in [-0.4, -0.2) is 11.4 Å². The van der Waals surface area contributed by atoms with Crippen molar-refractivity contribution in [3.8, 4) is 0 Å². The SMILES string of the molecule is O/N=C/c1ccc(C(F)(F)F)cc1F. The molecule has 0 spiro atoms. The third-order valence-electron chi connectivity index (χ3n) is 1.52. The average molecular weight is 207 g/mol. The van der Waals surface area contributed by atoms with Crippen molar-refractivity contribution < 1.29 is 22.8 Å². The van der Waals surface area contributed by atoms with E-state index in [1.807, 2.05) is 0 Å². The molecule has 0 atom stereocenters. The summed E-state index contributed by atoms with van der Waals surface area (Å²) in [4.78, 5) is 0. The molecule has 1 aromatic carbocycles. The topological polar surface area (TPSA) is 32.6 Å². The van der Waals surface area contributed by atoms with Gasteiger partial charge in [0.1, 0.15) is 5.82 Å². The molecule has 1 aromatic rings. The molecule has 2 nitrogen and oxygen atoms in total. The van der Waals surface area contributed by atoms with E-state index < -0.39 is 17.6 Å². The van der Waals surface area contributed by atoms with E-state index in [4.69, 9.17) is 5.21 Å². The zero-order chi connectivity index (χ0) is 10.8. The fraction of sp³-hybridized carbons (Fsp3) is 0.125. The predicted octanol–water partition coefficient (Wildman–Crippen LogP) is 2.65. The van der Waals surface area contributed by atoms with Gasteiger partial charge in [-0.05, 0) is 18.2 Å². The second-order valence-electron chi connectivity index (χ2n) is 2.48. The summed E-state index contributed by atoms with van der Waals surface area (Å²) < 4.78 is 49.0. The van der Waals surface area contributed by atoms with Crippen LogP contribution in [0.1, 0.15) is 11.1 Å². The van der Waals surface area contributed by atoms with Gasteiger partial charge in [-0.3, -0.25) is 0 Å². The summed E-state index contributed by atoms with van der Waals surface area (Å²) in [5, 5.41) is 10.6. The van der Waals surface area contributed by atoms with Crippen molar-refractivity contribution in [3.05, 3.63) is 35.1 Å². The summed E-state index contributed by atoms with van der Waals surface area (Å²) in [6.07, 6.45) is -3.86. The van der Waals surface area contributed by atoms with E-state index in [2.05, 4.69) is 5.16 Å². The Hall–Kier alpha value is -1.59. The van der Waals surface area contributed by atoms with E-state index in [0.29, 0.717) is 12.1 Å². The Morgan fingerprint density at radius 2 is 1.93 bits per heavy atom. The molecule has 0 aliphatic carbocycles. The first-order valence-corrected chi connectivity index (χ1v) is 3.49. The van der Waals surface area contributed by atoms with Crippen molar-refractivity contribution in [2.45, 2.75) is 6.18 Å². The number of benzene rings is 1. The van der Waals surface area contributed by atoms with Gasteiger partial charge in [0.25, 0.3) is 0 Å². The van der Waals surface area contributed by atoms with E-state index >= 15 is 0 Å². The van der Waals surface area contributed by atoms with Gasteiger partial charge in [0.15, 0.2) is 0 Å². The summed E-state index contributed by atoms with van der Waals surface area (Å²) >= 11 is 0. The van der Waals surface area contributed by atoms with E-state index in [9.17, 15) is 17.6 Å². The van der Waals surface area contributed by atoms with Crippen LogP contribution in [0.5, 0.6) is 0 Å². The lowest BCUT2D eigenvalue weighted by atomic mass is 10.1. The minimum absolute atomic E-state index is 0.208. The first kappa shape index (κ1) is 10.5. The first-order valence-electron chi connectivity index (χ1n) is 3.49. The summed E-state index contributed by atoms with van der Waals surface area (Å²) in [6, 6.07) is 1.94. The van der Waals surface area contributed by atoms with Crippen LogP contribution in [0.4, 0.5) is 17.6 Å². The number of oxime groups is 1. The highest BCUT2D eigenvalue weighted by Crippen LogP contribution is 2.29. The zero-order valence-electron chi connectivity index (χ0n) is 6.72. The van der Waals surface area contributed by atoms with E-state index in [1.165, 1.54) is 0 Å². The van der Waals surface area contributed by atoms with Crippen LogP contribution >= 0.6 is 0 Å². The second kappa shape index (κ2) is 3.65. The van der Waals surface area contributed by atoms with E-state index in [1.54, 1.807) is 0 Å². The maximum absolute atomic E-state index is 12.9. The maximum Gasteiger partial charge on any atom is 0.416 e. The molecule has 14 heavy (non-hydrogen) atoms. The van der Waals surface area contributed by atoms with Crippen LogP contribution in [0.2, 0.25) is 0 Å². The lowest BCUT2D eigenvalue weighted by Crippen LogP contribution is -2.06. The lowest BCUT2D eigenvalue weighted by Gasteiger charge is -2.06. The van der Waals surface area contributed by atoms with Crippen LogP contribution in [0.15, 0.2) is 23.4 Å². The fourth-order valence-corrected chi connectivity index (χ4v) is 0.870. The van der Waals surface area contributed by atoms with Gasteiger partial charge in [-0.1, -0.05) is 5.16 Å². The molecule has 0 aromatic heterocycles. The van der Waals surface area contributed by atoms with Crippen LogP contribution in [-0.2, 0) is 6.18 Å². The predicted molar refractivity (Wildman–Crippen MR) is 40.8 cm³/mol. The number of nitrogens with zero attached hydrogens (tertiary/aromatic N) is 1. The van der Waals surface area contributed by atoms with Gasteiger partial charge < -0.3 is 5.21 Å². The minimum Gasteiger partial charge on any atom is -0.411 e. The van der Waals surface area contributed by atoms with E-state index in [0.717, 1.165) is 12.3 Å². The molecule has 0 saturated heterocycles. The van der Waals surface area contributed by atoms with Gasteiger partial charge >= 0.3 is 6.18 Å². The monoisotopic (exact) mass is 207 g/mol. The van der Waals surface area contributed by atoms with Gasteiger partial charge in [-0.25, -0.2) is 4.39 Å². The highest BCUT2D eigenvalue weighted by atomic mass is 19.4. The quantitative estimate of drug-likeness (QED) is 0.326. The number of rotatable bonds is 1. The van der Waals surface area contributed by atoms with Gasteiger partial charge in [0.05, 0.1) is 11.8 Å². The Morgan fingerprint density at radius 3 is 2.36 bits per heavy atom.